The number of rotatable bonds is 4. The van der Waals surface area contributed by atoms with E-state index in [0.29, 0.717) is 43.1 Å². The van der Waals surface area contributed by atoms with Crippen LogP contribution >= 0.6 is 0 Å². The van der Waals surface area contributed by atoms with E-state index in [1.54, 1.807) is 9.80 Å². The van der Waals surface area contributed by atoms with Crippen LogP contribution in [-0.4, -0.2) is 59.9 Å². The lowest BCUT2D eigenvalue weighted by Crippen LogP contribution is -2.51. The minimum absolute atomic E-state index is 0.0178. The number of carbonyl (C=O) groups excluding carboxylic acids is 2. The Hall–Kier alpha value is -2.83. The molecule has 1 aromatic carbocycles. The lowest BCUT2D eigenvalue weighted by atomic mass is 10.1. The highest BCUT2D eigenvalue weighted by atomic mass is 19.1. The first-order valence-corrected chi connectivity index (χ1v) is 8.94. The largest absolute Gasteiger partial charge is 0.496 e. The van der Waals surface area contributed by atoms with Gasteiger partial charge in [0.15, 0.2) is 0 Å². The van der Waals surface area contributed by atoms with Gasteiger partial charge in [-0.2, -0.15) is 0 Å². The van der Waals surface area contributed by atoms with Gasteiger partial charge in [-0.15, -0.1) is 0 Å². The second-order valence-electron chi connectivity index (χ2n) is 6.80. The number of aromatic amines is 1. The molecule has 1 fully saturated rings. The molecule has 2 amide bonds. The molecule has 1 saturated heterocycles. The van der Waals surface area contributed by atoms with Crippen LogP contribution in [0.5, 0.6) is 5.75 Å². The number of aromatic nitrogens is 1. The molecule has 1 aliphatic rings. The molecule has 0 saturated carbocycles. The van der Waals surface area contributed by atoms with Crippen molar-refractivity contribution in [2.75, 3.05) is 33.3 Å². The van der Waals surface area contributed by atoms with Crippen molar-refractivity contribution < 1.29 is 18.7 Å². The quantitative estimate of drug-likeness (QED) is 0.894. The van der Waals surface area contributed by atoms with E-state index in [1.807, 2.05) is 19.9 Å². The van der Waals surface area contributed by atoms with Gasteiger partial charge in [-0.25, -0.2) is 4.39 Å². The van der Waals surface area contributed by atoms with Gasteiger partial charge in [0, 0.05) is 43.1 Å². The third kappa shape index (κ3) is 4.13. The van der Waals surface area contributed by atoms with Gasteiger partial charge in [0.05, 0.1) is 19.1 Å². The highest BCUT2D eigenvalue weighted by Crippen LogP contribution is 2.21. The molecule has 0 radical (unpaired) electrons. The summed E-state index contributed by atoms with van der Waals surface area (Å²) in [6, 6.07) is 6.01. The Balaban J connectivity index is 1.60. The molecule has 0 atom stereocenters. The number of nitrogens with zero attached hydrogens (tertiary/aromatic N) is 2. The van der Waals surface area contributed by atoms with Gasteiger partial charge in [-0.05, 0) is 38.1 Å². The zero-order valence-electron chi connectivity index (χ0n) is 15.8. The van der Waals surface area contributed by atoms with Gasteiger partial charge < -0.3 is 19.5 Å². The molecule has 2 heterocycles. The molecule has 7 heteroatoms. The summed E-state index contributed by atoms with van der Waals surface area (Å²) in [5.74, 6) is -0.0153. The molecule has 1 N–H and O–H groups in total. The molecule has 0 unspecified atom stereocenters. The van der Waals surface area contributed by atoms with Crippen molar-refractivity contribution in [3.05, 3.63) is 52.6 Å². The van der Waals surface area contributed by atoms with Crippen LogP contribution in [0.15, 0.2) is 24.3 Å². The SMILES string of the molecule is COc1ccc(F)cc1CC(=O)N1CCN(C(=O)c2cc(C)[nH]c2C)CC1. The summed E-state index contributed by atoms with van der Waals surface area (Å²) in [6.45, 7) is 5.69. The Labute approximate surface area is 157 Å². The van der Waals surface area contributed by atoms with E-state index < -0.39 is 5.82 Å². The van der Waals surface area contributed by atoms with Crippen LogP contribution in [0.3, 0.4) is 0 Å². The summed E-state index contributed by atoms with van der Waals surface area (Å²) < 4.78 is 18.7. The fraction of sp³-hybridized carbons (Fsp3) is 0.400. The number of aryl methyl sites for hydroxylation is 2. The van der Waals surface area contributed by atoms with E-state index in [0.717, 1.165) is 11.4 Å². The summed E-state index contributed by atoms with van der Waals surface area (Å²) in [5, 5.41) is 0. The van der Waals surface area contributed by atoms with Crippen LogP contribution < -0.4 is 4.74 Å². The molecule has 0 spiro atoms. The van der Waals surface area contributed by atoms with Gasteiger partial charge in [-0.1, -0.05) is 0 Å². The number of piperazine rings is 1. The molecular weight excluding hydrogens is 349 g/mol. The van der Waals surface area contributed by atoms with Crippen molar-refractivity contribution in [1.29, 1.82) is 0 Å². The third-order valence-electron chi connectivity index (χ3n) is 4.88. The predicted molar refractivity (Wildman–Crippen MR) is 99.4 cm³/mol. The maximum absolute atomic E-state index is 13.5. The number of amides is 2. The first kappa shape index (κ1) is 18.9. The Morgan fingerprint density at radius 3 is 2.37 bits per heavy atom. The minimum Gasteiger partial charge on any atom is -0.496 e. The van der Waals surface area contributed by atoms with E-state index in [-0.39, 0.29) is 18.2 Å². The molecule has 1 aliphatic heterocycles. The lowest BCUT2D eigenvalue weighted by molar-refractivity contribution is -0.131. The summed E-state index contributed by atoms with van der Waals surface area (Å²) in [5.41, 5.74) is 3.01. The number of H-pyrrole nitrogens is 1. The van der Waals surface area contributed by atoms with Gasteiger partial charge in [0.25, 0.3) is 5.91 Å². The first-order chi connectivity index (χ1) is 12.9. The standard InChI is InChI=1S/C20H24FN3O3/c1-13-10-17(14(2)22-13)20(26)24-8-6-23(7-9-24)19(25)12-15-11-16(21)4-5-18(15)27-3/h4-5,10-11,22H,6-9,12H2,1-3H3. The van der Waals surface area contributed by atoms with Gasteiger partial charge in [0.2, 0.25) is 5.91 Å². The molecule has 144 valence electrons. The normalized spacial score (nSPS) is 14.4. The fourth-order valence-electron chi connectivity index (χ4n) is 3.44. The van der Waals surface area contributed by atoms with Gasteiger partial charge >= 0.3 is 0 Å². The number of nitrogens with one attached hydrogen (secondary N) is 1. The summed E-state index contributed by atoms with van der Waals surface area (Å²) in [7, 11) is 1.50. The van der Waals surface area contributed by atoms with Crippen molar-refractivity contribution in [2.24, 2.45) is 0 Å². The first-order valence-electron chi connectivity index (χ1n) is 8.94. The highest BCUT2D eigenvalue weighted by Gasteiger charge is 2.26. The lowest BCUT2D eigenvalue weighted by Gasteiger charge is -2.35. The fourth-order valence-corrected chi connectivity index (χ4v) is 3.44. The van der Waals surface area contributed by atoms with E-state index >= 15 is 0 Å². The molecule has 27 heavy (non-hydrogen) atoms. The van der Waals surface area contributed by atoms with Crippen LogP contribution in [0.4, 0.5) is 4.39 Å². The van der Waals surface area contributed by atoms with Gasteiger partial charge in [-0.3, -0.25) is 9.59 Å². The molecular formula is C20H24FN3O3. The predicted octanol–water partition coefficient (Wildman–Crippen LogP) is 2.31. The van der Waals surface area contributed by atoms with Gasteiger partial charge in [0.1, 0.15) is 11.6 Å². The Kier molecular flexibility index (Phi) is 5.48. The van der Waals surface area contributed by atoms with E-state index in [1.165, 1.54) is 25.3 Å². The second-order valence-corrected chi connectivity index (χ2v) is 6.80. The van der Waals surface area contributed by atoms with Crippen LogP contribution in [-0.2, 0) is 11.2 Å². The van der Waals surface area contributed by atoms with Crippen molar-refractivity contribution in [2.45, 2.75) is 20.3 Å². The Morgan fingerprint density at radius 1 is 1.11 bits per heavy atom. The minimum atomic E-state index is -0.397. The smallest absolute Gasteiger partial charge is 0.255 e. The van der Waals surface area contributed by atoms with E-state index in [2.05, 4.69) is 4.98 Å². The summed E-state index contributed by atoms with van der Waals surface area (Å²) in [4.78, 5) is 31.9. The summed E-state index contributed by atoms with van der Waals surface area (Å²) >= 11 is 0. The molecule has 6 nitrogen and oxygen atoms in total. The maximum Gasteiger partial charge on any atom is 0.255 e. The zero-order chi connectivity index (χ0) is 19.6. The number of carbonyl (C=O) groups is 2. The average Bonchev–Trinajstić information content (AvgIpc) is 2.99. The van der Waals surface area contributed by atoms with Crippen molar-refractivity contribution >= 4 is 11.8 Å². The Morgan fingerprint density at radius 2 is 1.78 bits per heavy atom. The van der Waals surface area contributed by atoms with E-state index in [4.69, 9.17) is 4.74 Å². The van der Waals surface area contributed by atoms with E-state index in [9.17, 15) is 14.0 Å². The van der Waals surface area contributed by atoms with Crippen LogP contribution in [0.2, 0.25) is 0 Å². The third-order valence-corrected chi connectivity index (χ3v) is 4.88. The van der Waals surface area contributed by atoms with Crippen molar-refractivity contribution in [1.82, 2.24) is 14.8 Å². The van der Waals surface area contributed by atoms with Crippen LogP contribution in [0.1, 0.15) is 27.3 Å². The number of halogens is 1. The molecule has 0 bridgehead atoms. The number of ether oxygens (including phenoxy) is 1. The molecule has 0 aliphatic carbocycles. The molecule has 3 rings (SSSR count). The second kappa shape index (κ2) is 7.82. The van der Waals surface area contributed by atoms with Crippen molar-refractivity contribution in [3.63, 3.8) is 0 Å². The summed E-state index contributed by atoms with van der Waals surface area (Å²) in [6.07, 6.45) is 0.0744. The monoisotopic (exact) mass is 373 g/mol. The molecule has 1 aromatic heterocycles. The maximum atomic E-state index is 13.5. The number of benzene rings is 1. The van der Waals surface area contributed by atoms with Crippen molar-refractivity contribution in [3.8, 4) is 5.75 Å². The van der Waals surface area contributed by atoms with Crippen LogP contribution in [0.25, 0.3) is 0 Å². The number of methoxy groups -OCH3 is 1. The molecule has 2 aromatic rings. The Bertz CT molecular complexity index is 854. The number of hydrogen-bond donors (Lipinski definition) is 1. The number of hydrogen-bond acceptors (Lipinski definition) is 3. The topological polar surface area (TPSA) is 65.6 Å². The highest BCUT2D eigenvalue weighted by molar-refractivity contribution is 5.95. The zero-order valence-corrected chi connectivity index (χ0v) is 15.8. The van der Waals surface area contributed by atoms with Crippen LogP contribution in [0, 0.1) is 19.7 Å². The average molecular weight is 373 g/mol.